The second kappa shape index (κ2) is 3.92. The molecule has 1 rings (SSSR count). The lowest BCUT2D eigenvalue weighted by Gasteiger charge is -2.06. The minimum Gasteiger partial charge on any atom is -0.396 e. The molecule has 12 heavy (non-hydrogen) atoms. The van der Waals surface area contributed by atoms with E-state index in [2.05, 4.69) is 6.07 Å². The summed E-state index contributed by atoms with van der Waals surface area (Å²) >= 11 is 5.97. The van der Waals surface area contributed by atoms with Crippen LogP contribution in [0.4, 0.5) is 0 Å². The molecule has 66 valence electrons. The Balaban J connectivity index is 3.04. The van der Waals surface area contributed by atoms with Crippen LogP contribution in [0.1, 0.15) is 16.7 Å². The van der Waals surface area contributed by atoms with Crippen molar-refractivity contribution < 1.29 is 5.11 Å². The van der Waals surface area contributed by atoms with Crippen LogP contribution < -0.4 is 0 Å². The predicted molar refractivity (Wildman–Crippen MR) is 51.7 cm³/mol. The fourth-order valence-corrected chi connectivity index (χ4v) is 1.45. The summed E-state index contributed by atoms with van der Waals surface area (Å²) in [7, 11) is 0. The summed E-state index contributed by atoms with van der Waals surface area (Å²) in [6.07, 6.45) is 0.681. The molecule has 0 fully saturated rings. The minimum atomic E-state index is 0.179. The van der Waals surface area contributed by atoms with Gasteiger partial charge in [-0.2, -0.15) is 0 Å². The van der Waals surface area contributed by atoms with Gasteiger partial charge in [0, 0.05) is 11.6 Å². The van der Waals surface area contributed by atoms with Crippen LogP contribution in [-0.2, 0) is 6.42 Å². The number of aryl methyl sites for hydroxylation is 1. The van der Waals surface area contributed by atoms with Crippen LogP contribution in [0.5, 0.6) is 0 Å². The molecule has 0 aromatic heterocycles. The Bertz CT molecular complexity index is 258. The number of halogens is 1. The summed E-state index contributed by atoms with van der Waals surface area (Å²) in [6, 6.07) is 3.98. The number of benzene rings is 1. The van der Waals surface area contributed by atoms with E-state index in [1.165, 1.54) is 5.56 Å². The van der Waals surface area contributed by atoms with Crippen molar-refractivity contribution in [2.24, 2.45) is 0 Å². The van der Waals surface area contributed by atoms with Crippen molar-refractivity contribution >= 4 is 11.6 Å². The molecule has 0 saturated heterocycles. The second-order valence-electron chi connectivity index (χ2n) is 2.99. The summed E-state index contributed by atoms with van der Waals surface area (Å²) in [5.41, 5.74) is 3.41. The van der Waals surface area contributed by atoms with Crippen LogP contribution in [0, 0.1) is 13.8 Å². The summed E-state index contributed by atoms with van der Waals surface area (Å²) in [4.78, 5) is 0. The lowest BCUT2D eigenvalue weighted by molar-refractivity contribution is 0.299. The van der Waals surface area contributed by atoms with E-state index in [1.54, 1.807) is 0 Å². The molecular formula is C10H13ClO. The predicted octanol–water partition coefficient (Wildman–Crippen LogP) is 2.49. The Kier molecular flexibility index (Phi) is 3.12. The zero-order valence-corrected chi connectivity index (χ0v) is 8.15. The highest BCUT2D eigenvalue weighted by Crippen LogP contribution is 2.21. The number of aliphatic hydroxyl groups excluding tert-OH is 1. The third kappa shape index (κ3) is 1.99. The highest BCUT2D eigenvalue weighted by molar-refractivity contribution is 6.31. The van der Waals surface area contributed by atoms with Crippen LogP contribution in [-0.4, -0.2) is 11.7 Å². The summed E-state index contributed by atoms with van der Waals surface area (Å²) < 4.78 is 0. The lowest BCUT2D eigenvalue weighted by Crippen LogP contribution is -1.93. The summed E-state index contributed by atoms with van der Waals surface area (Å²) in [6.45, 7) is 4.21. The van der Waals surface area contributed by atoms with Crippen molar-refractivity contribution in [3.8, 4) is 0 Å². The molecule has 0 aliphatic heterocycles. The van der Waals surface area contributed by atoms with E-state index < -0.39 is 0 Å². The maximum atomic E-state index is 8.73. The van der Waals surface area contributed by atoms with Crippen LogP contribution in [0.15, 0.2) is 12.1 Å². The molecular weight excluding hydrogens is 172 g/mol. The Hall–Kier alpha value is -0.530. The molecule has 1 nitrogen and oxygen atoms in total. The van der Waals surface area contributed by atoms with Crippen molar-refractivity contribution in [1.82, 2.24) is 0 Å². The quantitative estimate of drug-likeness (QED) is 0.749. The summed E-state index contributed by atoms with van der Waals surface area (Å²) in [5, 5.41) is 9.52. The molecule has 0 aliphatic carbocycles. The molecule has 0 saturated carbocycles. The fraction of sp³-hybridized carbons (Fsp3) is 0.400. The Labute approximate surface area is 78.0 Å². The van der Waals surface area contributed by atoms with Crippen molar-refractivity contribution in [2.45, 2.75) is 20.3 Å². The van der Waals surface area contributed by atoms with Gasteiger partial charge in [-0.15, -0.1) is 0 Å². The molecule has 0 amide bonds. The number of aliphatic hydroxyl groups is 1. The molecule has 1 aromatic rings. The zero-order valence-electron chi connectivity index (χ0n) is 7.39. The first-order valence-corrected chi connectivity index (χ1v) is 4.39. The molecule has 0 bridgehead atoms. The first-order valence-electron chi connectivity index (χ1n) is 4.01. The summed E-state index contributed by atoms with van der Waals surface area (Å²) in [5.74, 6) is 0. The van der Waals surface area contributed by atoms with Gasteiger partial charge in [0.2, 0.25) is 0 Å². The Morgan fingerprint density at radius 3 is 2.50 bits per heavy atom. The van der Waals surface area contributed by atoms with Crippen LogP contribution in [0.2, 0.25) is 5.02 Å². The molecule has 1 N–H and O–H groups in total. The van der Waals surface area contributed by atoms with E-state index in [0.717, 1.165) is 16.1 Å². The van der Waals surface area contributed by atoms with E-state index >= 15 is 0 Å². The third-order valence-electron chi connectivity index (χ3n) is 2.06. The average molecular weight is 185 g/mol. The Morgan fingerprint density at radius 1 is 1.33 bits per heavy atom. The maximum Gasteiger partial charge on any atom is 0.0471 e. The standard InChI is InChI=1S/C10H13ClO/c1-7-5-9(3-4-12)6-10(11)8(7)2/h5-6,12H,3-4H2,1-2H3. The first kappa shape index (κ1) is 9.56. The topological polar surface area (TPSA) is 20.2 Å². The van der Waals surface area contributed by atoms with Gasteiger partial charge >= 0.3 is 0 Å². The van der Waals surface area contributed by atoms with Crippen LogP contribution >= 0.6 is 11.6 Å². The average Bonchev–Trinajstić information content (AvgIpc) is 2.01. The highest BCUT2D eigenvalue weighted by atomic mass is 35.5. The van der Waals surface area contributed by atoms with E-state index in [9.17, 15) is 0 Å². The molecule has 0 radical (unpaired) electrons. The monoisotopic (exact) mass is 184 g/mol. The van der Waals surface area contributed by atoms with E-state index in [4.69, 9.17) is 16.7 Å². The molecule has 0 spiro atoms. The number of hydrogen-bond acceptors (Lipinski definition) is 1. The second-order valence-corrected chi connectivity index (χ2v) is 3.40. The van der Waals surface area contributed by atoms with Gasteiger partial charge in [0.15, 0.2) is 0 Å². The van der Waals surface area contributed by atoms with Crippen molar-refractivity contribution in [3.05, 3.63) is 33.8 Å². The smallest absolute Gasteiger partial charge is 0.0471 e. The Morgan fingerprint density at radius 2 is 2.00 bits per heavy atom. The van der Waals surface area contributed by atoms with Crippen molar-refractivity contribution in [3.63, 3.8) is 0 Å². The SMILES string of the molecule is Cc1cc(CCO)cc(Cl)c1C. The highest BCUT2D eigenvalue weighted by Gasteiger charge is 2.01. The normalized spacial score (nSPS) is 10.3. The van der Waals surface area contributed by atoms with Gasteiger partial charge in [-0.05, 0) is 43.0 Å². The third-order valence-corrected chi connectivity index (χ3v) is 2.46. The van der Waals surface area contributed by atoms with E-state index in [1.807, 2.05) is 19.9 Å². The van der Waals surface area contributed by atoms with Crippen LogP contribution in [0.25, 0.3) is 0 Å². The fourth-order valence-electron chi connectivity index (χ4n) is 1.16. The van der Waals surface area contributed by atoms with Crippen molar-refractivity contribution in [2.75, 3.05) is 6.61 Å². The molecule has 1 aromatic carbocycles. The van der Waals surface area contributed by atoms with Gasteiger partial charge in [0.05, 0.1) is 0 Å². The van der Waals surface area contributed by atoms with Gasteiger partial charge in [-0.1, -0.05) is 17.7 Å². The van der Waals surface area contributed by atoms with E-state index in [0.29, 0.717) is 6.42 Å². The molecule has 0 aliphatic rings. The van der Waals surface area contributed by atoms with Gasteiger partial charge < -0.3 is 5.11 Å². The van der Waals surface area contributed by atoms with Gasteiger partial charge in [-0.25, -0.2) is 0 Å². The molecule has 0 heterocycles. The molecule has 2 heteroatoms. The van der Waals surface area contributed by atoms with Crippen LogP contribution in [0.3, 0.4) is 0 Å². The molecule has 0 unspecified atom stereocenters. The maximum absolute atomic E-state index is 8.73. The first-order chi connectivity index (χ1) is 5.65. The van der Waals surface area contributed by atoms with Crippen molar-refractivity contribution in [1.29, 1.82) is 0 Å². The zero-order chi connectivity index (χ0) is 9.14. The van der Waals surface area contributed by atoms with Gasteiger partial charge in [-0.3, -0.25) is 0 Å². The minimum absolute atomic E-state index is 0.179. The lowest BCUT2D eigenvalue weighted by atomic mass is 10.0. The largest absolute Gasteiger partial charge is 0.396 e. The number of hydrogen-bond donors (Lipinski definition) is 1. The van der Waals surface area contributed by atoms with Gasteiger partial charge in [0.1, 0.15) is 0 Å². The van der Waals surface area contributed by atoms with E-state index in [-0.39, 0.29) is 6.61 Å². The number of rotatable bonds is 2. The molecule has 0 atom stereocenters. The van der Waals surface area contributed by atoms with Gasteiger partial charge in [0.25, 0.3) is 0 Å².